The van der Waals surface area contributed by atoms with Crippen LogP contribution in [0.15, 0.2) is 17.2 Å². The summed E-state index contributed by atoms with van der Waals surface area (Å²) in [6.45, 7) is 5.69. The second kappa shape index (κ2) is 13.0. The van der Waals surface area contributed by atoms with E-state index in [9.17, 15) is 9.46 Å². The minimum atomic E-state index is -2.50. The van der Waals surface area contributed by atoms with Crippen molar-refractivity contribution in [3.05, 3.63) is 23.0 Å². The van der Waals surface area contributed by atoms with Crippen molar-refractivity contribution in [2.75, 3.05) is 0 Å². The van der Waals surface area contributed by atoms with E-state index in [0.29, 0.717) is 0 Å². The van der Waals surface area contributed by atoms with Crippen molar-refractivity contribution < 1.29 is 35.7 Å². The molecular formula is C7H12Cl2O2PZr-. The molecule has 0 aliphatic rings. The van der Waals surface area contributed by atoms with Gasteiger partial charge in [-0.05, 0) is 0 Å². The minimum Gasteiger partial charge on any atom is -0.607 e. The van der Waals surface area contributed by atoms with E-state index < -0.39 is 8.03 Å². The SMILES string of the molecule is CC(C)=C(C)C=[C-][P+](=O)[O-].Cl.Cl.[Zr]. The molecule has 0 saturated heterocycles. The predicted molar refractivity (Wildman–Crippen MR) is 54.0 cm³/mol. The van der Waals surface area contributed by atoms with Gasteiger partial charge >= 0.3 is 0 Å². The van der Waals surface area contributed by atoms with E-state index in [-0.39, 0.29) is 51.0 Å². The van der Waals surface area contributed by atoms with Crippen molar-refractivity contribution in [2.24, 2.45) is 0 Å². The van der Waals surface area contributed by atoms with E-state index in [2.05, 4.69) is 5.82 Å². The van der Waals surface area contributed by atoms with Crippen LogP contribution in [0.1, 0.15) is 20.8 Å². The Kier molecular flexibility index (Phi) is 23.7. The fraction of sp³-hybridized carbons (Fsp3) is 0.429. The van der Waals surface area contributed by atoms with Gasteiger partial charge in [0.2, 0.25) is 8.03 Å². The summed E-state index contributed by atoms with van der Waals surface area (Å²) in [5, 5.41) is 0. The Bertz CT molecular complexity index is 201. The normalized spacial score (nSPS) is 9.08. The van der Waals surface area contributed by atoms with E-state index >= 15 is 0 Å². The maximum Gasteiger partial charge on any atom is 0.244 e. The van der Waals surface area contributed by atoms with Crippen LogP contribution in [0, 0.1) is 5.82 Å². The molecule has 0 aromatic rings. The van der Waals surface area contributed by atoms with Gasteiger partial charge in [-0.2, -0.15) is 17.2 Å². The zero-order valence-corrected chi connectivity index (χ0v) is 12.6. The first-order valence-electron chi connectivity index (χ1n) is 2.92. The van der Waals surface area contributed by atoms with E-state index in [1.54, 1.807) is 0 Å². The van der Waals surface area contributed by atoms with Crippen LogP contribution in [0.5, 0.6) is 0 Å². The maximum atomic E-state index is 10.00. The van der Waals surface area contributed by atoms with Gasteiger partial charge in [-0.25, -0.2) is 0 Å². The topological polar surface area (TPSA) is 40.1 Å². The van der Waals surface area contributed by atoms with Gasteiger partial charge < -0.3 is 4.89 Å². The van der Waals surface area contributed by atoms with E-state index in [4.69, 9.17) is 0 Å². The smallest absolute Gasteiger partial charge is 0.244 e. The Morgan fingerprint density at radius 1 is 1.31 bits per heavy atom. The van der Waals surface area contributed by atoms with Gasteiger partial charge in [-0.1, -0.05) is 18.4 Å². The van der Waals surface area contributed by atoms with Gasteiger partial charge in [-0.15, -0.1) is 31.7 Å². The molecule has 76 valence electrons. The van der Waals surface area contributed by atoms with Crippen molar-refractivity contribution in [2.45, 2.75) is 20.8 Å². The number of halogens is 2. The summed E-state index contributed by atoms with van der Waals surface area (Å²) < 4.78 is 10.00. The molecule has 1 atom stereocenters. The molecule has 0 bridgehead atoms. The molecule has 0 spiro atoms. The zero-order valence-electron chi connectivity index (χ0n) is 7.66. The molecule has 0 aliphatic heterocycles. The van der Waals surface area contributed by atoms with Crippen molar-refractivity contribution in [3.63, 3.8) is 0 Å². The molecule has 6 heteroatoms. The predicted octanol–water partition coefficient (Wildman–Crippen LogP) is 2.60. The minimum absolute atomic E-state index is 0. The molecule has 2 nitrogen and oxygen atoms in total. The van der Waals surface area contributed by atoms with Gasteiger partial charge in [0.15, 0.2) is 0 Å². The third kappa shape index (κ3) is 15.7. The van der Waals surface area contributed by atoms with Crippen LogP contribution in [0.25, 0.3) is 0 Å². The Labute approximate surface area is 112 Å². The van der Waals surface area contributed by atoms with E-state index in [1.165, 1.54) is 6.08 Å². The summed E-state index contributed by atoms with van der Waals surface area (Å²) in [7, 11) is -2.50. The summed E-state index contributed by atoms with van der Waals surface area (Å²) in [5.74, 6) is 2.20. The van der Waals surface area contributed by atoms with Crippen LogP contribution in [0.2, 0.25) is 0 Å². The molecule has 0 saturated carbocycles. The van der Waals surface area contributed by atoms with Crippen LogP contribution in [0.3, 0.4) is 0 Å². The Morgan fingerprint density at radius 3 is 1.92 bits per heavy atom. The first kappa shape index (κ1) is 23.7. The summed E-state index contributed by atoms with van der Waals surface area (Å²) in [6.07, 6.45) is 1.47. The number of hydrogen-bond acceptors (Lipinski definition) is 2. The fourth-order valence-corrected chi connectivity index (χ4v) is 0.593. The number of allylic oxidation sites excluding steroid dienone is 3. The van der Waals surface area contributed by atoms with Crippen LogP contribution < -0.4 is 4.89 Å². The zero-order chi connectivity index (χ0) is 8.15. The first-order valence-corrected chi connectivity index (χ1v) is 4.09. The van der Waals surface area contributed by atoms with Crippen LogP contribution in [0.4, 0.5) is 0 Å². The summed E-state index contributed by atoms with van der Waals surface area (Å²) in [5.41, 5.74) is 2.04. The Balaban J connectivity index is -0.000000135. The molecule has 0 rings (SSSR count). The molecule has 13 heavy (non-hydrogen) atoms. The van der Waals surface area contributed by atoms with E-state index in [0.717, 1.165) is 11.1 Å². The monoisotopic (exact) mass is 319 g/mol. The molecule has 0 amide bonds. The number of hydrogen-bond donors (Lipinski definition) is 0. The average Bonchev–Trinajstić information content (AvgIpc) is 1.82. The average molecular weight is 321 g/mol. The first-order chi connectivity index (χ1) is 4.54. The van der Waals surface area contributed by atoms with Crippen LogP contribution in [-0.4, -0.2) is 0 Å². The van der Waals surface area contributed by atoms with Crippen molar-refractivity contribution >= 4 is 32.8 Å². The third-order valence-corrected chi connectivity index (χ3v) is 1.52. The third-order valence-electron chi connectivity index (χ3n) is 1.18. The van der Waals surface area contributed by atoms with Crippen molar-refractivity contribution in [1.29, 1.82) is 0 Å². The van der Waals surface area contributed by atoms with Gasteiger partial charge in [0, 0.05) is 32.0 Å². The van der Waals surface area contributed by atoms with Gasteiger partial charge in [0.25, 0.3) is 0 Å². The molecule has 0 aliphatic carbocycles. The van der Waals surface area contributed by atoms with Gasteiger partial charge in [0.1, 0.15) is 0 Å². The molecule has 0 fully saturated rings. The van der Waals surface area contributed by atoms with Crippen LogP contribution in [-0.2, 0) is 30.8 Å². The maximum absolute atomic E-state index is 10.00. The number of rotatable bonds is 2. The summed E-state index contributed by atoms with van der Waals surface area (Å²) in [4.78, 5) is 10.00. The Hall–Kier alpha value is 1.00. The van der Waals surface area contributed by atoms with Gasteiger partial charge in [0.05, 0.1) is 0 Å². The molecule has 1 unspecified atom stereocenters. The Morgan fingerprint density at radius 2 is 1.69 bits per heavy atom. The second-order valence-electron chi connectivity index (χ2n) is 2.21. The standard InChI is InChI=1S/C7H10O2P.2ClH.Zr/c1-6(2)7(3)4-5-10(8)9;;;/h4H,1-3H3;2*1H;/q-1;;;. The fourth-order valence-electron chi connectivity index (χ4n) is 0.294. The molecule has 0 aromatic heterocycles. The summed E-state index contributed by atoms with van der Waals surface area (Å²) in [6, 6.07) is 0. The van der Waals surface area contributed by atoms with Crippen LogP contribution >= 0.6 is 32.8 Å². The second-order valence-corrected chi connectivity index (χ2v) is 2.99. The molecule has 0 aromatic carbocycles. The molecule has 0 N–H and O–H groups in total. The summed E-state index contributed by atoms with van der Waals surface area (Å²) >= 11 is 0. The molecule has 0 heterocycles. The quantitative estimate of drug-likeness (QED) is 0.446. The van der Waals surface area contributed by atoms with E-state index in [1.807, 2.05) is 20.8 Å². The van der Waals surface area contributed by atoms with Crippen molar-refractivity contribution in [3.8, 4) is 0 Å². The van der Waals surface area contributed by atoms with Gasteiger partial charge in [-0.3, -0.25) is 0 Å². The largest absolute Gasteiger partial charge is 0.607 e. The van der Waals surface area contributed by atoms with Crippen molar-refractivity contribution in [1.82, 2.24) is 0 Å². The molecule has 0 radical (unpaired) electrons. The molecular weight excluding hydrogens is 309 g/mol.